The van der Waals surface area contributed by atoms with Crippen LogP contribution in [0.15, 0.2) is 61.1 Å². The van der Waals surface area contributed by atoms with Crippen molar-refractivity contribution in [2.75, 3.05) is 0 Å². The van der Waals surface area contributed by atoms with Gasteiger partial charge in [0.25, 0.3) is 11.8 Å². The number of aromatic nitrogens is 3. The number of fused-ring (bicyclic) bond motifs is 2. The van der Waals surface area contributed by atoms with E-state index in [1.54, 1.807) is 54.3 Å². The van der Waals surface area contributed by atoms with Crippen LogP contribution in [-0.2, 0) is 7.05 Å². The maximum Gasteiger partial charge on any atom is 0.262 e. The monoisotopic (exact) mass is 400 g/mol. The maximum atomic E-state index is 14.9. The van der Waals surface area contributed by atoms with E-state index in [4.69, 9.17) is 0 Å². The second-order valence-electron chi connectivity index (χ2n) is 7.39. The Labute approximate surface area is 171 Å². The molecule has 0 fully saturated rings. The summed E-state index contributed by atoms with van der Waals surface area (Å²) in [5.41, 5.74) is 3.19. The van der Waals surface area contributed by atoms with Gasteiger partial charge in [-0.1, -0.05) is 12.1 Å². The lowest BCUT2D eigenvalue weighted by Crippen LogP contribution is -2.33. The molecule has 4 aromatic rings. The van der Waals surface area contributed by atoms with Gasteiger partial charge in [0, 0.05) is 47.6 Å². The van der Waals surface area contributed by atoms with E-state index in [0.29, 0.717) is 16.6 Å². The lowest BCUT2D eigenvalue weighted by atomic mass is 10.0. The molecule has 1 aliphatic rings. The van der Waals surface area contributed by atoms with Crippen LogP contribution in [0.25, 0.3) is 22.0 Å². The summed E-state index contributed by atoms with van der Waals surface area (Å²) in [4.78, 5) is 31.1. The summed E-state index contributed by atoms with van der Waals surface area (Å²) in [7, 11) is 1.83. The van der Waals surface area contributed by atoms with Crippen molar-refractivity contribution in [1.29, 1.82) is 0 Å². The molecule has 5 rings (SSSR count). The highest BCUT2D eigenvalue weighted by Gasteiger charge is 2.39. The number of imide groups is 1. The van der Waals surface area contributed by atoms with Gasteiger partial charge in [0.05, 0.1) is 28.9 Å². The molecule has 2 aromatic carbocycles. The zero-order valence-electron chi connectivity index (χ0n) is 16.3. The van der Waals surface area contributed by atoms with E-state index in [1.165, 1.54) is 6.07 Å². The van der Waals surface area contributed by atoms with Gasteiger partial charge in [-0.05, 0) is 31.2 Å². The van der Waals surface area contributed by atoms with Gasteiger partial charge in [0.2, 0.25) is 0 Å². The SMILES string of the molecule is C[C@@H](c1cc2cc(-c3cnn(C)c3)cnc2cc1F)N1C(=O)c2ccccc2C1=O. The van der Waals surface area contributed by atoms with Crippen LogP contribution in [0, 0.1) is 5.82 Å². The maximum absolute atomic E-state index is 14.9. The van der Waals surface area contributed by atoms with E-state index < -0.39 is 23.7 Å². The second kappa shape index (κ2) is 6.59. The predicted molar refractivity (Wildman–Crippen MR) is 109 cm³/mol. The minimum Gasteiger partial charge on any atom is -0.275 e. The van der Waals surface area contributed by atoms with E-state index in [-0.39, 0.29) is 5.56 Å². The molecule has 6 nitrogen and oxygen atoms in total. The van der Waals surface area contributed by atoms with Gasteiger partial charge in [-0.25, -0.2) is 4.39 Å². The minimum absolute atomic E-state index is 0.266. The van der Waals surface area contributed by atoms with E-state index in [2.05, 4.69) is 10.1 Å². The van der Waals surface area contributed by atoms with Crippen molar-refractivity contribution in [2.24, 2.45) is 7.05 Å². The highest BCUT2D eigenvalue weighted by Crippen LogP contribution is 2.34. The number of amides is 2. The molecule has 1 aliphatic heterocycles. The first kappa shape index (κ1) is 18.2. The van der Waals surface area contributed by atoms with E-state index in [9.17, 15) is 14.0 Å². The summed E-state index contributed by atoms with van der Waals surface area (Å²) in [6.07, 6.45) is 5.27. The fourth-order valence-electron chi connectivity index (χ4n) is 3.92. The fourth-order valence-corrected chi connectivity index (χ4v) is 3.92. The van der Waals surface area contributed by atoms with Crippen molar-refractivity contribution in [3.8, 4) is 11.1 Å². The smallest absolute Gasteiger partial charge is 0.262 e. The quantitative estimate of drug-likeness (QED) is 0.485. The molecule has 0 saturated heterocycles. The Morgan fingerprint density at radius 1 is 0.967 bits per heavy atom. The predicted octanol–water partition coefficient (Wildman–Crippen LogP) is 4.13. The molecule has 0 spiro atoms. The van der Waals surface area contributed by atoms with Crippen molar-refractivity contribution in [3.63, 3.8) is 0 Å². The molecule has 1 atom stereocenters. The summed E-state index contributed by atoms with van der Waals surface area (Å²) in [6.45, 7) is 1.66. The summed E-state index contributed by atoms with van der Waals surface area (Å²) in [6, 6.07) is 10.8. The van der Waals surface area contributed by atoms with Crippen molar-refractivity contribution in [2.45, 2.75) is 13.0 Å². The molecular formula is C23H17FN4O2. The number of aryl methyl sites for hydroxylation is 1. The molecule has 0 N–H and O–H groups in total. The number of hydrogen-bond donors (Lipinski definition) is 0. The van der Waals surface area contributed by atoms with Gasteiger partial charge in [-0.2, -0.15) is 5.10 Å². The number of rotatable bonds is 3. The first-order valence-corrected chi connectivity index (χ1v) is 9.49. The summed E-state index contributed by atoms with van der Waals surface area (Å²) in [5, 5.41) is 4.89. The van der Waals surface area contributed by atoms with Crippen LogP contribution in [-0.4, -0.2) is 31.5 Å². The first-order valence-electron chi connectivity index (χ1n) is 9.49. The third kappa shape index (κ3) is 2.70. The zero-order chi connectivity index (χ0) is 21.0. The van der Waals surface area contributed by atoms with Crippen LogP contribution in [0.1, 0.15) is 39.2 Å². The third-order valence-corrected chi connectivity index (χ3v) is 5.50. The lowest BCUT2D eigenvalue weighted by Gasteiger charge is -2.23. The van der Waals surface area contributed by atoms with Crippen LogP contribution < -0.4 is 0 Å². The Hall–Kier alpha value is -3.87. The van der Waals surface area contributed by atoms with Crippen LogP contribution in [0.5, 0.6) is 0 Å². The minimum atomic E-state index is -0.760. The molecule has 148 valence electrons. The molecule has 0 radical (unpaired) electrons. The normalized spacial score (nSPS) is 14.4. The average Bonchev–Trinajstić information content (AvgIpc) is 3.28. The number of carbonyl (C=O) groups is 2. The Bertz CT molecular complexity index is 1310. The zero-order valence-corrected chi connectivity index (χ0v) is 16.3. The molecule has 0 aliphatic carbocycles. The van der Waals surface area contributed by atoms with Crippen LogP contribution in [0.4, 0.5) is 4.39 Å². The Morgan fingerprint density at radius 2 is 1.67 bits per heavy atom. The standard InChI is InChI=1S/C23H17FN4O2/c1-13(28-22(29)17-5-3-4-6-18(17)23(28)30)19-8-14-7-15(16-11-26-27(2)12-16)10-25-21(14)9-20(19)24/h3-13H,1-2H3/t13-/m0/s1. The summed E-state index contributed by atoms with van der Waals surface area (Å²) in [5.74, 6) is -1.33. The van der Waals surface area contributed by atoms with Crippen molar-refractivity contribution in [3.05, 3.63) is 83.6 Å². The molecule has 2 amide bonds. The molecule has 0 unspecified atom stereocenters. The van der Waals surface area contributed by atoms with Gasteiger partial charge in [-0.15, -0.1) is 0 Å². The van der Waals surface area contributed by atoms with Crippen molar-refractivity contribution in [1.82, 2.24) is 19.7 Å². The second-order valence-corrected chi connectivity index (χ2v) is 7.39. The van der Waals surface area contributed by atoms with Gasteiger partial charge >= 0.3 is 0 Å². The van der Waals surface area contributed by atoms with E-state index >= 15 is 0 Å². The van der Waals surface area contributed by atoms with Crippen LogP contribution in [0.2, 0.25) is 0 Å². The topological polar surface area (TPSA) is 68.1 Å². The molecule has 30 heavy (non-hydrogen) atoms. The highest BCUT2D eigenvalue weighted by molar-refractivity contribution is 6.21. The number of nitrogens with zero attached hydrogens (tertiary/aromatic N) is 4. The van der Waals surface area contributed by atoms with Crippen molar-refractivity contribution < 1.29 is 14.0 Å². The summed E-state index contributed by atoms with van der Waals surface area (Å²) >= 11 is 0. The third-order valence-electron chi connectivity index (χ3n) is 5.50. The first-order chi connectivity index (χ1) is 14.4. The van der Waals surface area contributed by atoms with Crippen molar-refractivity contribution >= 4 is 22.7 Å². The largest absolute Gasteiger partial charge is 0.275 e. The molecule has 0 saturated carbocycles. The highest BCUT2D eigenvalue weighted by atomic mass is 19.1. The molecule has 2 aromatic heterocycles. The molecule has 7 heteroatoms. The van der Waals surface area contributed by atoms with Gasteiger partial charge < -0.3 is 0 Å². The summed E-state index contributed by atoms with van der Waals surface area (Å²) < 4.78 is 16.6. The molecule has 3 heterocycles. The van der Waals surface area contributed by atoms with E-state index in [0.717, 1.165) is 21.4 Å². The fraction of sp³-hybridized carbons (Fsp3) is 0.130. The number of hydrogen-bond acceptors (Lipinski definition) is 4. The van der Waals surface area contributed by atoms with Gasteiger partial charge in [0.15, 0.2) is 0 Å². The number of pyridine rings is 1. The molecule has 0 bridgehead atoms. The van der Waals surface area contributed by atoms with Crippen LogP contribution in [0.3, 0.4) is 0 Å². The Morgan fingerprint density at radius 3 is 2.30 bits per heavy atom. The number of benzene rings is 2. The average molecular weight is 400 g/mol. The van der Waals surface area contributed by atoms with E-state index in [1.807, 2.05) is 19.3 Å². The van der Waals surface area contributed by atoms with Gasteiger partial charge in [0.1, 0.15) is 5.82 Å². The Kier molecular flexibility index (Phi) is 3.99. The Balaban J connectivity index is 1.57. The van der Waals surface area contributed by atoms with Crippen LogP contribution >= 0.6 is 0 Å². The number of carbonyl (C=O) groups excluding carboxylic acids is 2. The lowest BCUT2D eigenvalue weighted by molar-refractivity contribution is 0.0593. The van der Waals surface area contributed by atoms with Gasteiger partial charge in [-0.3, -0.25) is 24.2 Å². The molecular weight excluding hydrogens is 383 g/mol. The number of halogens is 1.